The Hall–Kier alpha value is -2.25. The van der Waals surface area contributed by atoms with E-state index in [1.807, 2.05) is 0 Å². The highest BCUT2D eigenvalue weighted by atomic mass is 19.4. The van der Waals surface area contributed by atoms with E-state index in [0.717, 1.165) is 12.1 Å². The molecular weight excluding hydrogens is 317 g/mol. The summed E-state index contributed by atoms with van der Waals surface area (Å²) in [5.74, 6) is -1.37. The smallest absolute Gasteiger partial charge is 0.494 e. The number of ketones is 1. The Bertz CT molecular complexity index is 511. The lowest BCUT2D eigenvalue weighted by Gasteiger charge is -2.10. The lowest BCUT2D eigenvalue weighted by molar-refractivity contribution is -0.274. The number of ether oxygens (including phenoxy) is 3. The van der Waals surface area contributed by atoms with Gasteiger partial charge in [0.25, 0.3) is 0 Å². The van der Waals surface area contributed by atoms with Gasteiger partial charge in [0, 0.05) is 6.42 Å². The molecule has 1 rings (SSSR count). The van der Waals surface area contributed by atoms with Gasteiger partial charge in [0.2, 0.25) is 5.78 Å². The van der Waals surface area contributed by atoms with Crippen molar-refractivity contribution in [1.82, 2.24) is 0 Å². The van der Waals surface area contributed by atoms with Crippen molar-refractivity contribution in [3.8, 4) is 11.5 Å². The minimum atomic E-state index is -4.73. The number of hydrogen-bond donors (Lipinski definition) is 0. The molecule has 1 aromatic rings. The number of hydrogen-bond acceptors (Lipinski definition) is 5. The average molecular weight is 334 g/mol. The fourth-order valence-corrected chi connectivity index (χ4v) is 1.63. The first kappa shape index (κ1) is 18.8. The molecule has 0 saturated carbocycles. The number of unbranched alkanes of at least 4 members (excludes halogenated alkanes) is 1. The fourth-order valence-electron chi connectivity index (χ4n) is 1.63. The van der Waals surface area contributed by atoms with E-state index in [2.05, 4.69) is 9.47 Å². The van der Waals surface area contributed by atoms with Crippen molar-refractivity contribution < 1.29 is 37.0 Å². The van der Waals surface area contributed by atoms with Crippen LogP contribution in [0.1, 0.15) is 26.2 Å². The third-order valence-electron chi connectivity index (χ3n) is 2.63. The summed E-state index contributed by atoms with van der Waals surface area (Å²) < 4.78 is 49.6. The summed E-state index contributed by atoms with van der Waals surface area (Å²) in [6.45, 7) is 2.04. The summed E-state index contributed by atoms with van der Waals surface area (Å²) in [5, 5.41) is 0. The molecule has 23 heavy (non-hydrogen) atoms. The van der Waals surface area contributed by atoms with E-state index in [0.29, 0.717) is 18.6 Å². The van der Waals surface area contributed by atoms with Crippen molar-refractivity contribution >= 4 is 11.8 Å². The molecule has 0 amide bonds. The van der Waals surface area contributed by atoms with Crippen LogP contribution in [0.5, 0.6) is 11.5 Å². The van der Waals surface area contributed by atoms with E-state index in [1.165, 1.54) is 12.1 Å². The van der Waals surface area contributed by atoms with Crippen LogP contribution in [-0.4, -0.2) is 31.3 Å². The Morgan fingerprint density at radius 1 is 1.04 bits per heavy atom. The van der Waals surface area contributed by atoms with Crippen LogP contribution < -0.4 is 9.47 Å². The summed E-state index contributed by atoms with van der Waals surface area (Å²) in [4.78, 5) is 22.4. The molecule has 0 saturated heterocycles. The summed E-state index contributed by atoms with van der Waals surface area (Å²) >= 11 is 0. The van der Waals surface area contributed by atoms with Gasteiger partial charge in [-0.3, -0.25) is 4.79 Å². The first-order chi connectivity index (χ1) is 10.8. The molecule has 5 nitrogen and oxygen atoms in total. The quantitative estimate of drug-likeness (QED) is 0.394. The molecule has 1 aromatic carbocycles. The van der Waals surface area contributed by atoms with E-state index in [1.54, 1.807) is 6.92 Å². The zero-order chi connectivity index (χ0) is 17.3. The van der Waals surface area contributed by atoms with Gasteiger partial charge in [0.1, 0.15) is 11.5 Å². The Labute approximate surface area is 131 Å². The molecular formula is C15H17F3O5. The maximum absolute atomic E-state index is 12.0. The number of Topliss-reactive ketones (excluding diaryl/α,β-unsaturated/α-hetero) is 1. The molecule has 8 heteroatoms. The van der Waals surface area contributed by atoms with Gasteiger partial charge in [-0.25, -0.2) is 4.79 Å². The minimum absolute atomic E-state index is 0.0700. The highest BCUT2D eigenvalue weighted by Crippen LogP contribution is 2.24. The van der Waals surface area contributed by atoms with Crippen LogP contribution >= 0.6 is 0 Å². The van der Waals surface area contributed by atoms with Crippen LogP contribution in [0.4, 0.5) is 13.2 Å². The average Bonchev–Trinajstić information content (AvgIpc) is 2.47. The maximum Gasteiger partial charge on any atom is 0.573 e. The number of carbonyl (C=O) groups excluding carboxylic acids is 2. The van der Waals surface area contributed by atoms with Crippen molar-refractivity contribution in [1.29, 1.82) is 0 Å². The van der Waals surface area contributed by atoms with E-state index >= 15 is 0 Å². The number of halogens is 3. The normalized spacial score (nSPS) is 11.0. The predicted octanol–water partition coefficient (Wildman–Crippen LogP) is 3.27. The summed E-state index contributed by atoms with van der Waals surface area (Å²) in [6, 6.07) is 5.00. The Kier molecular flexibility index (Phi) is 7.37. The molecule has 0 aliphatic heterocycles. The van der Waals surface area contributed by atoms with Crippen molar-refractivity contribution in [2.75, 3.05) is 13.2 Å². The first-order valence-electron chi connectivity index (χ1n) is 7.00. The molecule has 0 atom stereocenters. The summed E-state index contributed by atoms with van der Waals surface area (Å²) in [6.07, 6.45) is -3.69. The highest BCUT2D eigenvalue weighted by Gasteiger charge is 2.30. The minimum Gasteiger partial charge on any atom is -0.494 e. The van der Waals surface area contributed by atoms with Gasteiger partial charge in [0.15, 0.2) is 0 Å². The molecule has 0 fully saturated rings. The van der Waals surface area contributed by atoms with Gasteiger partial charge in [-0.15, -0.1) is 13.2 Å². The van der Waals surface area contributed by atoms with E-state index in [-0.39, 0.29) is 25.4 Å². The van der Waals surface area contributed by atoms with Crippen LogP contribution in [0, 0.1) is 0 Å². The number of benzene rings is 1. The molecule has 0 spiro atoms. The van der Waals surface area contributed by atoms with Gasteiger partial charge in [-0.2, -0.15) is 0 Å². The van der Waals surface area contributed by atoms with Crippen molar-refractivity contribution in [3.63, 3.8) is 0 Å². The van der Waals surface area contributed by atoms with Gasteiger partial charge in [0.05, 0.1) is 13.2 Å². The molecule has 0 N–H and O–H groups in total. The molecule has 0 bridgehead atoms. The monoisotopic (exact) mass is 334 g/mol. The van der Waals surface area contributed by atoms with Crippen molar-refractivity contribution in [3.05, 3.63) is 24.3 Å². The van der Waals surface area contributed by atoms with Gasteiger partial charge >= 0.3 is 12.3 Å². The van der Waals surface area contributed by atoms with Crippen LogP contribution in [0.15, 0.2) is 24.3 Å². The van der Waals surface area contributed by atoms with E-state index in [4.69, 9.17) is 4.74 Å². The topological polar surface area (TPSA) is 61.8 Å². The second kappa shape index (κ2) is 9.02. The molecule has 0 aliphatic rings. The van der Waals surface area contributed by atoms with Crippen LogP contribution in [-0.2, 0) is 14.3 Å². The lowest BCUT2D eigenvalue weighted by atomic mass is 10.2. The largest absolute Gasteiger partial charge is 0.573 e. The Morgan fingerprint density at radius 2 is 1.65 bits per heavy atom. The SMILES string of the molecule is CCOC(=O)C(=O)CCCCOc1ccc(OC(F)(F)F)cc1. The molecule has 0 unspecified atom stereocenters. The fraction of sp³-hybridized carbons (Fsp3) is 0.467. The van der Waals surface area contributed by atoms with Crippen LogP contribution in [0.3, 0.4) is 0 Å². The zero-order valence-electron chi connectivity index (χ0n) is 12.5. The molecule has 128 valence electrons. The van der Waals surface area contributed by atoms with E-state index in [9.17, 15) is 22.8 Å². The van der Waals surface area contributed by atoms with Crippen LogP contribution in [0.2, 0.25) is 0 Å². The number of esters is 1. The lowest BCUT2D eigenvalue weighted by Crippen LogP contribution is -2.17. The third kappa shape index (κ3) is 8.08. The van der Waals surface area contributed by atoms with Gasteiger partial charge in [-0.05, 0) is 44.0 Å². The maximum atomic E-state index is 12.0. The summed E-state index contributed by atoms with van der Waals surface area (Å²) in [7, 11) is 0. The standard InChI is InChI=1S/C15H17F3O5/c1-2-21-14(20)13(19)5-3-4-10-22-11-6-8-12(9-7-11)23-15(16,17)18/h6-9H,2-5,10H2,1H3. The molecule has 0 aliphatic carbocycles. The molecule has 0 aromatic heterocycles. The predicted molar refractivity (Wildman–Crippen MR) is 74.1 cm³/mol. The molecule has 0 heterocycles. The van der Waals surface area contributed by atoms with Gasteiger partial charge < -0.3 is 14.2 Å². The number of alkyl halides is 3. The van der Waals surface area contributed by atoms with Gasteiger partial charge in [-0.1, -0.05) is 0 Å². The number of carbonyl (C=O) groups is 2. The number of rotatable bonds is 9. The van der Waals surface area contributed by atoms with Crippen molar-refractivity contribution in [2.45, 2.75) is 32.5 Å². The molecule has 0 radical (unpaired) electrons. The van der Waals surface area contributed by atoms with E-state index < -0.39 is 18.1 Å². The second-order valence-electron chi connectivity index (χ2n) is 4.47. The van der Waals surface area contributed by atoms with Crippen molar-refractivity contribution in [2.24, 2.45) is 0 Å². The highest BCUT2D eigenvalue weighted by molar-refractivity contribution is 6.33. The zero-order valence-corrected chi connectivity index (χ0v) is 12.5. The Morgan fingerprint density at radius 3 is 2.22 bits per heavy atom. The summed E-state index contributed by atoms with van der Waals surface area (Å²) in [5.41, 5.74) is 0. The second-order valence-corrected chi connectivity index (χ2v) is 4.47. The first-order valence-corrected chi connectivity index (χ1v) is 7.00. The Balaban J connectivity index is 2.23. The third-order valence-corrected chi connectivity index (χ3v) is 2.63. The van der Waals surface area contributed by atoms with Crippen LogP contribution in [0.25, 0.3) is 0 Å².